The highest BCUT2D eigenvalue weighted by molar-refractivity contribution is 7.90. The van der Waals surface area contributed by atoms with E-state index in [0.717, 1.165) is 0 Å². The number of carbonyl (C=O) groups is 1. The molecule has 0 saturated carbocycles. The van der Waals surface area contributed by atoms with Crippen molar-refractivity contribution in [3.8, 4) is 5.75 Å². The summed E-state index contributed by atoms with van der Waals surface area (Å²) in [5.74, 6) is -0.896. The fraction of sp³-hybridized carbons (Fsp3) is 0.0667. The molecule has 2 aromatic rings. The molecule has 0 bridgehead atoms. The molecule has 5 N–H and O–H groups in total. The molecule has 25 heavy (non-hydrogen) atoms. The van der Waals surface area contributed by atoms with E-state index in [1.165, 1.54) is 12.1 Å². The number of anilines is 2. The Morgan fingerprint density at radius 1 is 1.32 bits per heavy atom. The number of halogens is 1. The fourth-order valence-corrected chi connectivity index (χ4v) is 3.76. The number of guanidine groups is 1. The van der Waals surface area contributed by atoms with Crippen molar-refractivity contribution >= 4 is 44.9 Å². The van der Waals surface area contributed by atoms with Crippen molar-refractivity contribution in [3.05, 3.63) is 47.0 Å². The van der Waals surface area contributed by atoms with Gasteiger partial charge in [0.15, 0.2) is 0 Å². The van der Waals surface area contributed by atoms with Crippen molar-refractivity contribution in [1.82, 2.24) is 0 Å². The van der Waals surface area contributed by atoms with Crippen LogP contribution in [0.15, 0.2) is 45.7 Å². The molecule has 1 aliphatic rings. The van der Waals surface area contributed by atoms with Gasteiger partial charge in [0.05, 0.1) is 6.42 Å². The summed E-state index contributed by atoms with van der Waals surface area (Å²) in [5.41, 5.74) is 6.30. The number of phenolic OH excluding ortho intramolecular Hbond substituents is 1. The average molecular weight is 381 g/mol. The van der Waals surface area contributed by atoms with Gasteiger partial charge >= 0.3 is 0 Å². The highest BCUT2D eigenvalue weighted by Gasteiger charge is 2.28. The van der Waals surface area contributed by atoms with Gasteiger partial charge in [0, 0.05) is 16.8 Å². The molecule has 2 aromatic carbocycles. The van der Waals surface area contributed by atoms with Gasteiger partial charge in [-0.3, -0.25) is 4.79 Å². The quantitative estimate of drug-likeness (QED) is 0.598. The first-order valence-electron chi connectivity index (χ1n) is 7.03. The summed E-state index contributed by atoms with van der Waals surface area (Å²) >= 11 is 5.78. The third-order valence-corrected chi connectivity index (χ3v) is 4.87. The summed E-state index contributed by atoms with van der Waals surface area (Å²) < 4.78 is 28.2. The lowest BCUT2D eigenvalue weighted by Crippen LogP contribution is -2.28. The Morgan fingerprint density at radius 3 is 2.80 bits per heavy atom. The van der Waals surface area contributed by atoms with Gasteiger partial charge in [-0.25, -0.2) is 0 Å². The van der Waals surface area contributed by atoms with Crippen LogP contribution in [0.4, 0.5) is 11.4 Å². The second kappa shape index (κ2) is 6.26. The van der Waals surface area contributed by atoms with Crippen LogP contribution in [0.5, 0.6) is 5.75 Å². The number of nitrogens with one attached hydrogen (secondary N) is 2. The molecule has 8 nitrogen and oxygen atoms in total. The molecule has 0 saturated heterocycles. The van der Waals surface area contributed by atoms with Gasteiger partial charge in [0.2, 0.25) is 11.9 Å². The van der Waals surface area contributed by atoms with Crippen LogP contribution in [0.2, 0.25) is 5.02 Å². The molecule has 0 aliphatic carbocycles. The van der Waals surface area contributed by atoms with Crippen molar-refractivity contribution in [3.63, 3.8) is 0 Å². The Bertz CT molecular complexity index is 1000. The van der Waals surface area contributed by atoms with Crippen molar-refractivity contribution in [2.24, 2.45) is 10.1 Å². The summed E-state index contributed by atoms with van der Waals surface area (Å²) in [5, 5.41) is 15.5. The van der Waals surface area contributed by atoms with Crippen LogP contribution < -0.4 is 16.4 Å². The zero-order chi connectivity index (χ0) is 18.2. The topological polar surface area (TPSA) is 134 Å². The second-order valence-electron chi connectivity index (χ2n) is 5.31. The number of primary amides is 1. The smallest absolute Gasteiger partial charge is 0.287 e. The van der Waals surface area contributed by atoms with E-state index in [9.17, 15) is 18.3 Å². The largest absolute Gasteiger partial charge is 0.506 e. The normalized spacial score (nSPS) is 14.8. The third-order valence-electron chi connectivity index (χ3n) is 3.35. The van der Waals surface area contributed by atoms with Gasteiger partial charge in [-0.05, 0) is 23.8 Å². The number of nitrogens with two attached hydrogens (primary N) is 1. The van der Waals surface area contributed by atoms with Crippen LogP contribution in [-0.4, -0.2) is 25.4 Å². The molecule has 1 heterocycles. The van der Waals surface area contributed by atoms with Gasteiger partial charge in [0.1, 0.15) is 16.3 Å². The minimum Gasteiger partial charge on any atom is -0.506 e. The summed E-state index contributed by atoms with van der Waals surface area (Å²) in [6.07, 6.45) is 0.0514. The van der Waals surface area contributed by atoms with E-state index in [2.05, 4.69) is 15.0 Å². The van der Waals surface area contributed by atoms with Crippen LogP contribution >= 0.6 is 11.6 Å². The number of fused-ring (bicyclic) bond motifs is 1. The average Bonchev–Trinajstić information content (AvgIpc) is 2.48. The zero-order valence-corrected chi connectivity index (χ0v) is 14.2. The SMILES string of the molecule is NC(=O)Cc1cccc(NC2=NS(=O)(=O)c3cc(Cl)cc(O)c3N2)c1. The molecule has 0 fully saturated rings. The second-order valence-corrected chi connectivity index (χ2v) is 7.32. The molecule has 1 amide bonds. The fourth-order valence-electron chi connectivity index (χ4n) is 2.36. The maximum atomic E-state index is 12.3. The summed E-state index contributed by atoms with van der Waals surface area (Å²) in [6.45, 7) is 0. The number of phenols is 1. The number of hydrogen-bond donors (Lipinski definition) is 4. The van der Waals surface area contributed by atoms with Gasteiger partial charge in [0.25, 0.3) is 10.0 Å². The standard InChI is InChI=1S/C15H13ClN4O4S/c16-9-6-11(21)14-12(7-9)25(23,24)20-15(19-14)18-10-3-1-2-8(4-10)5-13(17)22/h1-4,6-7,21H,5H2,(H2,17,22)(H2,18,19,20). The van der Waals surface area contributed by atoms with E-state index < -0.39 is 15.9 Å². The third kappa shape index (κ3) is 3.67. The molecule has 0 unspecified atom stereocenters. The number of aromatic hydroxyl groups is 1. The molecule has 3 rings (SSSR count). The molecular weight excluding hydrogens is 368 g/mol. The molecular formula is C15H13ClN4O4S. The van der Waals surface area contributed by atoms with Crippen LogP contribution in [0.25, 0.3) is 0 Å². The van der Waals surface area contributed by atoms with Crippen molar-refractivity contribution in [1.29, 1.82) is 0 Å². The van der Waals surface area contributed by atoms with E-state index >= 15 is 0 Å². The van der Waals surface area contributed by atoms with E-state index in [4.69, 9.17) is 17.3 Å². The number of sulfonamides is 1. The molecule has 1 aliphatic heterocycles. The number of benzene rings is 2. The highest BCUT2D eigenvalue weighted by atomic mass is 35.5. The Hall–Kier alpha value is -2.78. The van der Waals surface area contributed by atoms with E-state index in [-0.39, 0.29) is 33.7 Å². The summed E-state index contributed by atoms with van der Waals surface area (Å²) in [7, 11) is -4.04. The number of rotatable bonds is 3. The van der Waals surface area contributed by atoms with Gasteiger partial charge in [-0.1, -0.05) is 23.7 Å². The van der Waals surface area contributed by atoms with E-state index in [1.54, 1.807) is 24.3 Å². The Balaban J connectivity index is 1.93. The number of hydrogen-bond acceptors (Lipinski definition) is 6. The van der Waals surface area contributed by atoms with Gasteiger partial charge in [-0.15, -0.1) is 4.40 Å². The van der Waals surface area contributed by atoms with Gasteiger partial charge in [-0.2, -0.15) is 8.42 Å². The first kappa shape index (κ1) is 17.1. The Labute approximate surface area is 148 Å². The predicted octanol–water partition coefficient (Wildman–Crippen LogP) is 1.66. The van der Waals surface area contributed by atoms with Crippen LogP contribution in [0, 0.1) is 0 Å². The number of nitrogens with zero attached hydrogens (tertiary/aromatic N) is 1. The summed E-state index contributed by atoms with van der Waals surface area (Å²) in [4.78, 5) is 10.8. The van der Waals surface area contributed by atoms with Crippen molar-refractivity contribution < 1.29 is 18.3 Å². The summed E-state index contributed by atoms with van der Waals surface area (Å²) in [6, 6.07) is 9.12. The monoisotopic (exact) mass is 380 g/mol. The maximum absolute atomic E-state index is 12.3. The molecule has 0 aromatic heterocycles. The maximum Gasteiger partial charge on any atom is 0.287 e. The first-order valence-corrected chi connectivity index (χ1v) is 8.85. The van der Waals surface area contributed by atoms with Crippen molar-refractivity contribution in [2.45, 2.75) is 11.3 Å². The number of amides is 1. The van der Waals surface area contributed by atoms with E-state index in [0.29, 0.717) is 11.3 Å². The highest BCUT2D eigenvalue weighted by Crippen LogP contribution is 2.37. The van der Waals surface area contributed by atoms with Crippen LogP contribution in [0.1, 0.15) is 5.56 Å². The molecule has 0 spiro atoms. The Morgan fingerprint density at radius 2 is 2.08 bits per heavy atom. The Kier molecular flexibility index (Phi) is 4.27. The van der Waals surface area contributed by atoms with E-state index in [1.807, 2.05) is 0 Å². The molecule has 0 atom stereocenters. The van der Waals surface area contributed by atoms with Crippen LogP contribution in [0.3, 0.4) is 0 Å². The molecule has 0 radical (unpaired) electrons. The minimum absolute atomic E-state index is 0.0183. The minimum atomic E-state index is -4.04. The lowest BCUT2D eigenvalue weighted by Gasteiger charge is -2.20. The predicted molar refractivity (Wildman–Crippen MR) is 94.3 cm³/mol. The number of carbonyl (C=O) groups excluding carboxylic acids is 1. The molecule has 130 valence electrons. The zero-order valence-electron chi connectivity index (χ0n) is 12.7. The van der Waals surface area contributed by atoms with Gasteiger partial charge < -0.3 is 21.5 Å². The van der Waals surface area contributed by atoms with Crippen LogP contribution in [-0.2, 0) is 21.2 Å². The first-order chi connectivity index (χ1) is 11.7. The lowest BCUT2D eigenvalue weighted by atomic mass is 10.1. The molecule has 10 heteroatoms. The van der Waals surface area contributed by atoms with Crippen molar-refractivity contribution in [2.75, 3.05) is 10.6 Å². The lowest BCUT2D eigenvalue weighted by molar-refractivity contribution is -0.117.